The monoisotopic (exact) mass is 464 g/mol. The Balaban J connectivity index is 1.33. The van der Waals surface area contributed by atoms with E-state index in [4.69, 9.17) is 9.84 Å². The molecule has 34 heavy (non-hydrogen) atoms. The van der Waals surface area contributed by atoms with E-state index >= 15 is 0 Å². The van der Waals surface area contributed by atoms with Gasteiger partial charge in [0, 0.05) is 12.0 Å². The van der Waals surface area contributed by atoms with Crippen LogP contribution in [0.3, 0.4) is 0 Å². The molecule has 2 aliphatic rings. The van der Waals surface area contributed by atoms with Crippen LogP contribution in [-0.2, 0) is 14.3 Å². The topological polar surface area (TPSA) is 105 Å². The van der Waals surface area contributed by atoms with E-state index in [0.29, 0.717) is 32.1 Å². The first-order chi connectivity index (χ1) is 16.5. The molecule has 3 N–H and O–H groups in total. The molecule has 0 aromatic heterocycles. The number of rotatable bonds is 8. The Hall–Kier alpha value is -3.35. The lowest BCUT2D eigenvalue weighted by Crippen LogP contribution is -2.50. The van der Waals surface area contributed by atoms with Gasteiger partial charge in [-0.1, -0.05) is 61.9 Å². The van der Waals surface area contributed by atoms with Crippen molar-refractivity contribution in [2.24, 2.45) is 5.92 Å². The van der Waals surface area contributed by atoms with Gasteiger partial charge in [-0.05, 0) is 54.4 Å². The molecule has 0 spiro atoms. The van der Waals surface area contributed by atoms with Crippen molar-refractivity contribution in [3.8, 4) is 11.1 Å². The predicted octanol–water partition coefficient (Wildman–Crippen LogP) is 4.45. The Morgan fingerprint density at radius 1 is 0.971 bits per heavy atom. The summed E-state index contributed by atoms with van der Waals surface area (Å²) >= 11 is 0. The molecule has 2 amide bonds. The van der Waals surface area contributed by atoms with E-state index < -0.39 is 18.1 Å². The van der Waals surface area contributed by atoms with Crippen molar-refractivity contribution >= 4 is 18.0 Å². The summed E-state index contributed by atoms with van der Waals surface area (Å²) in [5.74, 6) is -1.39. The second-order valence-electron chi connectivity index (χ2n) is 9.21. The first-order valence-corrected chi connectivity index (χ1v) is 12.1. The Kier molecular flexibility index (Phi) is 7.50. The van der Waals surface area contributed by atoms with Crippen molar-refractivity contribution in [1.82, 2.24) is 10.6 Å². The van der Waals surface area contributed by atoms with Crippen LogP contribution in [0.1, 0.15) is 62.5 Å². The maximum atomic E-state index is 12.8. The lowest BCUT2D eigenvalue weighted by atomic mass is 9.86. The molecule has 0 radical (unpaired) electrons. The van der Waals surface area contributed by atoms with Gasteiger partial charge in [-0.25, -0.2) is 4.79 Å². The van der Waals surface area contributed by atoms with Gasteiger partial charge in [0.25, 0.3) is 0 Å². The van der Waals surface area contributed by atoms with Crippen molar-refractivity contribution in [2.45, 2.75) is 63.5 Å². The quantitative estimate of drug-likeness (QED) is 0.535. The van der Waals surface area contributed by atoms with E-state index in [-0.39, 0.29) is 30.4 Å². The third kappa shape index (κ3) is 5.24. The summed E-state index contributed by atoms with van der Waals surface area (Å²) in [5, 5.41) is 14.9. The van der Waals surface area contributed by atoms with Gasteiger partial charge in [0.2, 0.25) is 5.91 Å². The van der Waals surface area contributed by atoms with Gasteiger partial charge < -0.3 is 20.5 Å². The summed E-state index contributed by atoms with van der Waals surface area (Å²) in [6.07, 6.45) is 2.99. The summed E-state index contributed by atoms with van der Waals surface area (Å²) in [5.41, 5.74) is 4.59. The van der Waals surface area contributed by atoms with E-state index in [2.05, 4.69) is 34.9 Å². The average Bonchev–Trinajstić information content (AvgIpc) is 3.16. The number of amides is 2. The molecule has 0 aliphatic heterocycles. The zero-order valence-electron chi connectivity index (χ0n) is 19.5. The molecule has 0 saturated heterocycles. The molecule has 7 heteroatoms. The van der Waals surface area contributed by atoms with Crippen LogP contribution in [0.15, 0.2) is 48.5 Å². The number of alkyl carbamates (subject to hydrolysis) is 1. The van der Waals surface area contributed by atoms with E-state index in [1.807, 2.05) is 31.2 Å². The van der Waals surface area contributed by atoms with Crippen molar-refractivity contribution in [3.05, 3.63) is 59.7 Å². The minimum Gasteiger partial charge on any atom is -0.481 e. The zero-order valence-corrected chi connectivity index (χ0v) is 19.5. The second-order valence-corrected chi connectivity index (χ2v) is 9.21. The van der Waals surface area contributed by atoms with E-state index in [9.17, 15) is 14.4 Å². The highest BCUT2D eigenvalue weighted by Gasteiger charge is 2.31. The first-order valence-electron chi connectivity index (χ1n) is 12.1. The zero-order chi connectivity index (χ0) is 24.1. The lowest BCUT2D eigenvalue weighted by Gasteiger charge is -2.28. The number of hydrogen-bond acceptors (Lipinski definition) is 4. The SMILES string of the molecule is CCC[C@@H](NC(=O)OCC1c2ccccc2-c2ccccc21)C(=O)NC1CCC(C(=O)O)CC1. The molecule has 1 saturated carbocycles. The molecule has 180 valence electrons. The summed E-state index contributed by atoms with van der Waals surface area (Å²) in [7, 11) is 0. The van der Waals surface area contributed by atoms with Gasteiger partial charge in [0.1, 0.15) is 12.6 Å². The highest BCUT2D eigenvalue weighted by atomic mass is 16.5. The molecular weight excluding hydrogens is 432 g/mol. The van der Waals surface area contributed by atoms with Crippen molar-refractivity contribution in [2.75, 3.05) is 6.61 Å². The highest BCUT2D eigenvalue weighted by molar-refractivity contribution is 5.86. The minimum atomic E-state index is -0.773. The summed E-state index contributed by atoms with van der Waals surface area (Å²) in [6.45, 7) is 2.15. The maximum Gasteiger partial charge on any atom is 0.407 e. The van der Waals surface area contributed by atoms with E-state index in [1.165, 1.54) is 0 Å². The number of fused-ring (bicyclic) bond motifs is 3. The fourth-order valence-corrected chi connectivity index (χ4v) is 5.13. The molecule has 2 aromatic rings. The Morgan fingerprint density at radius 3 is 2.12 bits per heavy atom. The van der Waals surface area contributed by atoms with Crippen LogP contribution in [0.25, 0.3) is 11.1 Å². The molecule has 1 atom stereocenters. The number of nitrogens with one attached hydrogen (secondary N) is 2. The third-order valence-electron chi connectivity index (χ3n) is 6.95. The van der Waals surface area contributed by atoms with Crippen LogP contribution in [0.4, 0.5) is 4.79 Å². The number of aliphatic carboxylic acids is 1. The average molecular weight is 465 g/mol. The van der Waals surface area contributed by atoms with Gasteiger partial charge in [-0.15, -0.1) is 0 Å². The summed E-state index contributed by atoms with van der Waals surface area (Å²) < 4.78 is 5.60. The van der Waals surface area contributed by atoms with Gasteiger partial charge in [0.05, 0.1) is 5.92 Å². The Labute approximate surface area is 199 Å². The molecule has 2 aromatic carbocycles. The van der Waals surface area contributed by atoms with Crippen LogP contribution in [-0.4, -0.2) is 41.8 Å². The second kappa shape index (κ2) is 10.7. The fourth-order valence-electron chi connectivity index (χ4n) is 5.13. The number of carboxylic acid groups (broad SMARTS) is 1. The Bertz CT molecular complexity index is 999. The number of carboxylic acids is 1. The largest absolute Gasteiger partial charge is 0.481 e. The molecule has 7 nitrogen and oxygen atoms in total. The van der Waals surface area contributed by atoms with Crippen molar-refractivity contribution in [3.63, 3.8) is 0 Å². The van der Waals surface area contributed by atoms with Crippen LogP contribution < -0.4 is 10.6 Å². The first kappa shape index (κ1) is 23.8. The maximum absolute atomic E-state index is 12.8. The van der Waals surface area contributed by atoms with Gasteiger partial charge in [0.15, 0.2) is 0 Å². The number of benzene rings is 2. The minimum absolute atomic E-state index is 0.0407. The van der Waals surface area contributed by atoms with Crippen LogP contribution in [0.5, 0.6) is 0 Å². The number of carbonyl (C=O) groups is 3. The highest BCUT2D eigenvalue weighted by Crippen LogP contribution is 2.44. The molecule has 0 bridgehead atoms. The van der Waals surface area contributed by atoms with Crippen LogP contribution in [0, 0.1) is 5.92 Å². The Morgan fingerprint density at radius 2 is 1.56 bits per heavy atom. The fraction of sp³-hybridized carbons (Fsp3) is 0.444. The molecule has 4 rings (SSSR count). The van der Waals surface area contributed by atoms with Crippen LogP contribution >= 0.6 is 0 Å². The smallest absolute Gasteiger partial charge is 0.407 e. The lowest BCUT2D eigenvalue weighted by molar-refractivity contribution is -0.142. The molecule has 2 aliphatic carbocycles. The van der Waals surface area contributed by atoms with Crippen LogP contribution in [0.2, 0.25) is 0 Å². The number of carbonyl (C=O) groups excluding carboxylic acids is 2. The van der Waals surface area contributed by atoms with Gasteiger partial charge >= 0.3 is 12.1 Å². The van der Waals surface area contributed by atoms with Crippen molar-refractivity contribution < 1.29 is 24.2 Å². The predicted molar refractivity (Wildman–Crippen MR) is 128 cm³/mol. The van der Waals surface area contributed by atoms with E-state index in [1.54, 1.807) is 0 Å². The normalized spacial score (nSPS) is 20.0. The molecular formula is C27H32N2O5. The summed E-state index contributed by atoms with van der Waals surface area (Å²) in [4.78, 5) is 36.6. The molecule has 0 heterocycles. The summed E-state index contributed by atoms with van der Waals surface area (Å²) in [6, 6.07) is 15.5. The third-order valence-corrected chi connectivity index (χ3v) is 6.95. The van der Waals surface area contributed by atoms with Gasteiger partial charge in [-0.2, -0.15) is 0 Å². The van der Waals surface area contributed by atoms with E-state index in [0.717, 1.165) is 28.7 Å². The molecule has 1 fully saturated rings. The number of ether oxygens (including phenoxy) is 1. The standard InChI is InChI=1S/C27H32N2O5/c1-2-7-24(25(30)28-18-14-12-17(13-15-18)26(31)32)29-27(33)34-16-23-21-10-5-3-8-19(21)20-9-4-6-11-22(20)23/h3-6,8-11,17-18,23-24H,2,7,12-16H2,1H3,(H,28,30)(H,29,33)(H,31,32)/t17?,18?,24-/m1/s1. The number of hydrogen-bond donors (Lipinski definition) is 3. The van der Waals surface area contributed by atoms with Crippen molar-refractivity contribution in [1.29, 1.82) is 0 Å². The van der Waals surface area contributed by atoms with Gasteiger partial charge in [-0.3, -0.25) is 9.59 Å². The molecule has 0 unspecified atom stereocenters.